The molecule has 4 rings (SSSR count). The zero-order valence-electron chi connectivity index (χ0n) is 17.2. The van der Waals surface area contributed by atoms with Crippen molar-refractivity contribution in [2.45, 2.75) is 43.7 Å². The molecule has 1 saturated carbocycles. The number of amides is 1. The highest BCUT2D eigenvalue weighted by Crippen LogP contribution is 2.46. The van der Waals surface area contributed by atoms with Gasteiger partial charge in [0, 0.05) is 18.1 Å². The van der Waals surface area contributed by atoms with Gasteiger partial charge in [0.05, 0.1) is 11.0 Å². The Balaban J connectivity index is 1.44. The van der Waals surface area contributed by atoms with E-state index >= 15 is 0 Å². The zero-order valence-corrected chi connectivity index (χ0v) is 17.9. The second kappa shape index (κ2) is 8.70. The summed E-state index contributed by atoms with van der Waals surface area (Å²) in [5, 5.41) is 0.664. The molecule has 1 heterocycles. The van der Waals surface area contributed by atoms with E-state index in [4.69, 9.17) is 11.6 Å². The molecule has 2 aromatic carbocycles. The molecule has 2 nitrogen and oxygen atoms in total. The van der Waals surface area contributed by atoms with Crippen molar-refractivity contribution in [2.75, 3.05) is 13.1 Å². The second-order valence-corrected chi connectivity index (χ2v) is 9.01. The van der Waals surface area contributed by atoms with E-state index < -0.39 is 17.2 Å². The highest BCUT2D eigenvalue weighted by Gasteiger charge is 2.48. The average molecular weight is 448 g/mol. The van der Waals surface area contributed by atoms with Crippen LogP contribution in [0.1, 0.15) is 48.8 Å². The van der Waals surface area contributed by atoms with Crippen LogP contribution in [0.25, 0.3) is 6.08 Å². The third kappa shape index (κ3) is 4.67. The molecule has 0 bridgehead atoms. The molecule has 31 heavy (non-hydrogen) atoms. The molecule has 6 heteroatoms. The van der Waals surface area contributed by atoms with Crippen LogP contribution in [-0.2, 0) is 16.4 Å². The van der Waals surface area contributed by atoms with Crippen LogP contribution in [0.15, 0.2) is 54.6 Å². The number of benzene rings is 2. The minimum Gasteiger partial charge on any atom is -0.341 e. The maximum Gasteiger partial charge on any atom is 0.416 e. The number of hydrogen-bond acceptors (Lipinski definition) is 1. The van der Waals surface area contributed by atoms with E-state index in [1.807, 2.05) is 41.3 Å². The number of alkyl halides is 3. The summed E-state index contributed by atoms with van der Waals surface area (Å²) in [5.41, 5.74) is 0.680. The number of rotatable bonds is 4. The van der Waals surface area contributed by atoms with Crippen LogP contribution < -0.4 is 0 Å². The average Bonchev–Trinajstić information content (AvgIpc) is 2.72. The van der Waals surface area contributed by atoms with Crippen molar-refractivity contribution >= 4 is 23.6 Å². The van der Waals surface area contributed by atoms with Gasteiger partial charge in [-0.05, 0) is 67.0 Å². The first-order valence-corrected chi connectivity index (χ1v) is 11.1. The van der Waals surface area contributed by atoms with Crippen molar-refractivity contribution in [1.82, 2.24) is 4.90 Å². The van der Waals surface area contributed by atoms with Crippen LogP contribution in [0.4, 0.5) is 13.2 Å². The largest absolute Gasteiger partial charge is 0.416 e. The number of likely N-dealkylation sites (tertiary alicyclic amines) is 1. The minimum absolute atomic E-state index is 0.189. The lowest BCUT2D eigenvalue weighted by atomic mass is 9.63. The van der Waals surface area contributed by atoms with Crippen LogP contribution in [0.2, 0.25) is 5.02 Å². The fourth-order valence-electron chi connectivity index (χ4n) is 4.61. The smallest absolute Gasteiger partial charge is 0.341 e. The molecule has 2 aromatic rings. The number of carbonyl (C=O) groups is 1. The summed E-state index contributed by atoms with van der Waals surface area (Å²) >= 11 is 6.03. The number of piperidine rings is 1. The fraction of sp³-hybridized carbons (Fsp3) is 0.400. The van der Waals surface area contributed by atoms with Crippen molar-refractivity contribution in [1.29, 1.82) is 0 Å². The summed E-state index contributed by atoms with van der Waals surface area (Å²) in [7, 11) is 0. The predicted molar refractivity (Wildman–Crippen MR) is 117 cm³/mol. The van der Waals surface area contributed by atoms with Crippen LogP contribution in [-0.4, -0.2) is 23.9 Å². The molecular formula is C25H25ClF3NO. The summed E-state index contributed by atoms with van der Waals surface area (Å²) in [6, 6.07) is 12.8. The fourth-order valence-corrected chi connectivity index (χ4v) is 4.74. The van der Waals surface area contributed by atoms with E-state index in [1.54, 1.807) is 0 Å². The summed E-state index contributed by atoms with van der Waals surface area (Å²) in [6.07, 6.45) is 4.20. The van der Waals surface area contributed by atoms with Gasteiger partial charge in [-0.2, -0.15) is 13.2 Å². The van der Waals surface area contributed by atoms with Crippen LogP contribution in [0.5, 0.6) is 0 Å². The molecule has 0 spiro atoms. The lowest BCUT2D eigenvalue weighted by molar-refractivity contribution is -0.142. The molecule has 0 radical (unpaired) electrons. The molecule has 0 N–H and O–H groups in total. The molecule has 1 unspecified atom stereocenters. The number of carbonyl (C=O) groups excluding carboxylic acids is 1. The maximum atomic E-state index is 13.5. The first-order valence-electron chi connectivity index (χ1n) is 10.7. The highest BCUT2D eigenvalue weighted by atomic mass is 35.5. The van der Waals surface area contributed by atoms with Crippen LogP contribution in [0.3, 0.4) is 0 Å². The summed E-state index contributed by atoms with van der Waals surface area (Å²) < 4.78 is 38.2. The van der Waals surface area contributed by atoms with E-state index in [2.05, 4.69) is 0 Å². The van der Waals surface area contributed by atoms with E-state index in [-0.39, 0.29) is 11.8 Å². The zero-order chi connectivity index (χ0) is 22.1. The normalized spacial score (nSPS) is 21.2. The number of hydrogen-bond donors (Lipinski definition) is 0. The standard InChI is InChI=1S/C25H25ClF3NO/c26-22-12-10-20(11-13-22)24(14-2-15-24)23(31)30-16-1-3-19(17-30)5-4-18-6-8-21(9-7-18)25(27,28)29/h4-13,19H,1-3,14-17H2. The van der Waals surface area contributed by atoms with Crippen LogP contribution in [0, 0.1) is 5.92 Å². The lowest BCUT2D eigenvalue weighted by Crippen LogP contribution is -2.53. The first-order chi connectivity index (χ1) is 14.8. The Hall–Kier alpha value is -2.27. The van der Waals surface area contributed by atoms with Gasteiger partial charge in [-0.3, -0.25) is 4.79 Å². The Morgan fingerprint density at radius 1 is 1.03 bits per heavy atom. The van der Waals surface area contributed by atoms with Gasteiger partial charge in [0.25, 0.3) is 0 Å². The number of nitrogens with zero attached hydrogens (tertiary/aromatic N) is 1. The predicted octanol–water partition coefficient (Wildman–Crippen LogP) is 6.73. The SMILES string of the molecule is O=C(N1CCCC(C=Cc2ccc(C(F)(F)F)cc2)C1)C1(c2ccc(Cl)cc2)CCC1. The highest BCUT2D eigenvalue weighted by molar-refractivity contribution is 6.30. The van der Waals surface area contributed by atoms with Crippen molar-refractivity contribution in [3.8, 4) is 0 Å². The van der Waals surface area contributed by atoms with E-state index in [0.717, 1.165) is 61.9 Å². The van der Waals surface area contributed by atoms with Gasteiger partial charge in [-0.1, -0.05) is 54.4 Å². The monoisotopic (exact) mass is 447 g/mol. The Morgan fingerprint density at radius 3 is 2.29 bits per heavy atom. The van der Waals surface area contributed by atoms with Crippen molar-refractivity contribution in [2.24, 2.45) is 5.92 Å². The molecule has 0 aromatic heterocycles. The molecule has 2 fully saturated rings. The molecular weight excluding hydrogens is 423 g/mol. The van der Waals surface area contributed by atoms with E-state index in [9.17, 15) is 18.0 Å². The van der Waals surface area contributed by atoms with Gasteiger partial charge in [0.1, 0.15) is 0 Å². The Bertz CT molecular complexity index is 946. The van der Waals surface area contributed by atoms with E-state index in [1.165, 1.54) is 12.1 Å². The maximum absolute atomic E-state index is 13.5. The van der Waals surface area contributed by atoms with Crippen molar-refractivity contribution in [3.05, 3.63) is 76.3 Å². The molecule has 1 saturated heterocycles. The third-order valence-corrected chi connectivity index (χ3v) is 6.81. The van der Waals surface area contributed by atoms with Crippen molar-refractivity contribution in [3.63, 3.8) is 0 Å². The second-order valence-electron chi connectivity index (χ2n) is 8.57. The van der Waals surface area contributed by atoms with Gasteiger partial charge in [0.2, 0.25) is 5.91 Å². The Kier molecular flexibility index (Phi) is 6.16. The topological polar surface area (TPSA) is 20.3 Å². The molecule has 164 valence electrons. The van der Waals surface area contributed by atoms with Gasteiger partial charge in [-0.15, -0.1) is 0 Å². The summed E-state index contributed by atoms with van der Waals surface area (Å²) in [5.74, 6) is 0.385. The third-order valence-electron chi connectivity index (χ3n) is 6.56. The molecule has 1 aliphatic carbocycles. The van der Waals surface area contributed by atoms with Gasteiger partial charge >= 0.3 is 6.18 Å². The molecule has 2 aliphatic rings. The minimum atomic E-state index is -4.33. The van der Waals surface area contributed by atoms with Crippen LogP contribution >= 0.6 is 11.6 Å². The Labute approximate surface area is 185 Å². The van der Waals surface area contributed by atoms with E-state index in [0.29, 0.717) is 11.6 Å². The number of halogens is 4. The van der Waals surface area contributed by atoms with Gasteiger partial charge in [0.15, 0.2) is 0 Å². The molecule has 1 aliphatic heterocycles. The quantitative estimate of drug-likeness (QED) is 0.508. The summed E-state index contributed by atoms with van der Waals surface area (Å²) in [6.45, 7) is 1.39. The van der Waals surface area contributed by atoms with Gasteiger partial charge in [-0.25, -0.2) is 0 Å². The lowest BCUT2D eigenvalue weighted by Gasteiger charge is -2.45. The first kappa shape index (κ1) is 21.9. The van der Waals surface area contributed by atoms with Gasteiger partial charge < -0.3 is 4.90 Å². The van der Waals surface area contributed by atoms with Crippen molar-refractivity contribution < 1.29 is 18.0 Å². The summed E-state index contributed by atoms with van der Waals surface area (Å²) in [4.78, 5) is 15.5. The Morgan fingerprint density at radius 2 is 1.71 bits per heavy atom. The molecule has 1 atom stereocenters. The molecule has 1 amide bonds.